The van der Waals surface area contributed by atoms with E-state index < -0.39 is 0 Å². The molecule has 78 valence electrons. The van der Waals surface area contributed by atoms with E-state index in [1.165, 1.54) is 7.11 Å². The van der Waals surface area contributed by atoms with Gasteiger partial charge in [0.2, 0.25) is 5.91 Å². The third kappa shape index (κ3) is 2.83. The largest absolute Gasteiger partial charge is 0.398 e. The minimum absolute atomic E-state index is 0.214. The number of likely N-dealkylation sites (tertiary alicyclic amines) is 1. The smallest absolute Gasteiger partial charge is 0.222 e. The van der Waals surface area contributed by atoms with Gasteiger partial charge >= 0.3 is 0 Å². The SMILES string of the molecule is C=N/C(CCN1CCCC1=O)=N\OC. The van der Waals surface area contributed by atoms with E-state index in [1.54, 1.807) is 0 Å². The van der Waals surface area contributed by atoms with Crippen LogP contribution < -0.4 is 0 Å². The number of carbonyl (C=O) groups is 1. The quantitative estimate of drug-likeness (QED) is 0.377. The topological polar surface area (TPSA) is 54.3 Å². The van der Waals surface area contributed by atoms with E-state index in [1.807, 2.05) is 4.90 Å². The number of aliphatic imine (C=N–C) groups is 1. The fourth-order valence-electron chi connectivity index (χ4n) is 1.43. The van der Waals surface area contributed by atoms with Crippen molar-refractivity contribution in [1.82, 2.24) is 4.90 Å². The summed E-state index contributed by atoms with van der Waals surface area (Å²) in [5.41, 5.74) is 0. The summed E-state index contributed by atoms with van der Waals surface area (Å²) in [4.78, 5) is 21.3. The summed E-state index contributed by atoms with van der Waals surface area (Å²) >= 11 is 0. The highest BCUT2D eigenvalue weighted by atomic mass is 16.6. The molecule has 1 heterocycles. The molecule has 0 saturated carbocycles. The van der Waals surface area contributed by atoms with E-state index in [0.29, 0.717) is 25.2 Å². The van der Waals surface area contributed by atoms with Crippen molar-refractivity contribution in [2.24, 2.45) is 10.1 Å². The molecule has 0 aliphatic carbocycles. The number of oxime groups is 1. The van der Waals surface area contributed by atoms with Gasteiger partial charge in [0.05, 0.1) is 0 Å². The van der Waals surface area contributed by atoms with Crippen LogP contribution in [0.25, 0.3) is 0 Å². The molecule has 1 fully saturated rings. The minimum Gasteiger partial charge on any atom is -0.398 e. The molecule has 0 aromatic rings. The Morgan fingerprint density at radius 1 is 1.71 bits per heavy atom. The van der Waals surface area contributed by atoms with Gasteiger partial charge in [-0.15, -0.1) is 0 Å². The molecule has 0 atom stereocenters. The summed E-state index contributed by atoms with van der Waals surface area (Å²) in [5.74, 6) is 0.748. The van der Waals surface area contributed by atoms with Gasteiger partial charge in [0, 0.05) is 25.9 Å². The fourth-order valence-corrected chi connectivity index (χ4v) is 1.43. The second-order valence-corrected chi connectivity index (χ2v) is 3.08. The third-order valence-electron chi connectivity index (χ3n) is 2.16. The first-order valence-electron chi connectivity index (χ1n) is 4.62. The highest BCUT2D eigenvalue weighted by Crippen LogP contribution is 2.09. The lowest BCUT2D eigenvalue weighted by Crippen LogP contribution is -2.26. The fraction of sp³-hybridized carbons (Fsp3) is 0.667. The zero-order valence-corrected chi connectivity index (χ0v) is 8.40. The van der Waals surface area contributed by atoms with Gasteiger partial charge in [0.25, 0.3) is 0 Å². The van der Waals surface area contributed by atoms with Crippen LogP contribution in [0.15, 0.2) is 10.1 Å². The first kappa shape index (κ1) is 10.7. The Kier molecular flexibility index (Phi) is 4.10. The Labute approximate surface area is 83.4 Å². The highest BCUT2D eigenvalue weighted by molar-refractivity contribution is 5.86. The van der Waals surface area contributed by atoms with Crippen LogP contribution in [0.3, 0.4) is 0 Å². The van der Waals surface area contributed by atoms with Crippen molar-refractivity contribution in [2.75, 3.05) is 20.2 Å². The molecule has 0 N–H and O–H groups in total. The molecular weight excluding hydrogens is 182 g/mol. The molecule has 5 heteroatoms. The van der Waals surface area contributed by atoms with Crippen molar-refractivity contribution in [1.29, 1.82) is 0 Å². The number of hydrogen-bond donors (Lipinski definition) is 0. The predicted octanol–water partition coefficient (Wildman–Crippen LogP) is 0.659. The van der Waals surface area contributed by atoms with E-state index in [4.69, 9.17) is 0 Å². The minimum atomic E-state index is 0.214. The van der Waals surface area contributed by atoms with Gasteiger partial charge in [0.15, 0.2) is 5.84 Å². The lowest BCUT2D eigenvalue weighted by Gasteiger charge is -2.14. The number of amides is 1. The second-order valence-electron chi connectivity index (χ2n) is 3.08. The lowest BCUT2D eigenvalue weighted by atomic mass is 10.3. The van der Waals surface area contributed by atoms with Crippen LogP contribution in [0.2, 0.25) is 0 Å². The molecule has 1 aliphatic rings. The van der Waals surface area contributed by atoms with Gasteiger partial charge in [0.1, 0.15) is 7.11 Å². The summed E-state index contributed by atoms with van der Waals surface area (Å²) < 4.78 is 0. The Hall–Kier alpha value is -1.39. The number of hydrogen-bond acceptors (Lipinski definition) is 3. The molecule has 0 bridgehead atoms. The maximum absolute atomic E-state index is 11.2. The first-order valence-corrected chi connectivity index (χ1v) is 4.62. The van der Waals surface area contributed by atoms with E-state index in [-0.39, 0.29) is 5.91 Å². The Bertz CT molecular complexity index is 250. The molecular formula is C9H15N3O2. The third-order valence-corrected chi connectivity index (χ3v) is 2.16. The normalized spacial score (nSPS) is 17.4. The van der Waals surface area contributed by atoms with E-state index in [2.05, 4.69) is 21.7 Å². The second kappa shape index (κ2) is 5.36. The maximum Gasteiger partial charge on any atom is 0.222 e. The monoisotopic (exact) mass is 197 g/mol. The average Bonchev–Trinajstić information content (AvgIpc) is 2.59. The van der Waals surface area contributed by atoms with Crippen molar-refractivity contribution in [3.63, 3.8) is 0 Å². The standard InChI is InChI=1S/C9H15N3O2/c1-10-8(11-14-2)5-7-12-6-3-4-9(12)13/h1,3-7H2,2H3/b11-8-. The van der Waals surface area contributed by atoms with Gasteiger partial charge in [-0.2, -0.15) is 0 Å². The maximum atomic E-state index is 11.2. The van der Waals surface area contributed by atoms with Crippen molar-refractivity contribution in [2.45, 2.75) is 19.3 Å². The summed E-state index contributed by atoms with van der Waals surface area (Å²) in [5, 5.41) is 3.68. The van der Waals surface area contributed by atoms with Gasteiger partial charge in [-0.05, 0) is 13.1 Å². The predicted molar refractivity (Wildman–Crippen MR) is 54.4 cm³/mol. The van der Waals surface area contributed by atoms with Crippen LogP contribution in [-0.4, -0.2) is 43.6 Å². The number of nitrogens with zero attached hydrogens (tertiary/aromatic N) is 3. The van der Waals surface area contributed by atoms with E-state index in [0.717, 1.165) is 13.0 Å². The number of carbonyl (C=O) groups excluding carboxylic acids is 1. The van der Waals surface area contributed by atoms with Crippen LogP contribution in [0, 0.1) is 0 Å². The van der Waals surface area contributed by atoms with Crippen LogP contribution in [0.1, 0.15) is 19.3 Å². The van der Waals surface area contributed by atoms with Crippen LogP contribution in [0.4, 0.5) is 0 Å². The molecule has 0 aromatic heterocycles. The molecule has 0 aromatic carbocycles. The zero-order chi connectivity index (χ0) is 10.4. The lowest BCUT2D eigenvalue weighted by molar-refractivity contribution is -0.127. The molecule has 1 rings (SSSR count). The summed E-state index contributed by atoms with van der Waals surface area (Å²) in [6, 6.07) is 0. The Balaban J connectivity index is 2.35. The molecule has 0 unspecified atom stereocenters. The molecule has 14 heavy (non-hydrogen) atoms. The molecule has 1 aliphatic heterocycles. The van der Waals surface area contributed by atoms with E-state index in [9.17, 15) is 4.79 Å². The van der Waals surface area contributed by atoms with Crippen molar-refractivity contribution in [3.05, 3.63) is 0 Å². The van der Waals surface area contributed by atoms with Crippen molar-refractivity contribution < 1.29 is 9.63 Å². The molecule has 5 nitrogen and oxygen atoms in total. The number of amidine groups is 1. The first-order chi connectivity index (χ1) is 6.77. The molecule has 0 spiro atoms. The van der Waals surface area contributed by atoms with Crippen LogP contribution in [-0.2, 0) is 9.63 Å². The summed E-state index contributed by atoms with van der Waals surface area (Å²) in [6.45, 7) is 4.88. The number of rotatable bonds is 4. The average molecular weight is 197 g/mol. The molecule has 0 radical (unpaired) electrons. The summed E-state index contributed by atoms with van der Waals surface area (Å²) in [7, 11) is 1.46. The van der Waals surface area contributed by atoms with Crippen LogP contribution in [0.5, 0.6) is 0 Å². The molecule has 1 saturated heterocycles. The van der Waals surface area contributed by atoms with Gasteiger partial charge < -0.3 is 9.74 Å². The Morgan fingerprint density at radius 2 is 2.50 bits per heavy atom. The molecule has 1 amide bonds. The van der Waals surface area contributed by atoms with Gasteiger partial charge in [-0.25, -0.2) is 4.99 Å². The highest BCUT2D eigenvalue weighted by Gasteiger charge is 2.19. The zero-order valence-electron chi connectivity index (χ0n) is 8.40. The van der Waals surface area contributed by atoms with Gasteiger partial charge in [-0.1, -0.05) is 5.16 Å². The Morgan fingerprint density at radius 3 is 3.00 bits per heavy atom. The van der Waals surface area contributed by atoms with Crippen molar-refractivity contribution >= 4 is 18.5 Å². The van der Waals surface area contributed by atoms with Crippen molar-refractivity contribution in [3.8, 4) is 0 Å². The van der Waals surface area contributed by atoms with Crippen LogP contribution >= 0.6 is 0 Å². The van der Waals surface area contributed by atoms with Gasteiger partial charge in [-0.3, -0.25) is 4.79 Å². The summed E-state index contributed by atoms with van der Waals surface area (Å²) in [6.07, 6.45) is 2.22. The van der Waals surface area contributed by atoms with E-state index >= 15 is 0 Å².